The third-order valence-electron chi connectivity index (χ3n) is 4.43. The zero-order chi connectivity index (χ0) is 20.3. The first kappa shape index (κ1) is 19.6. The second kappa shape index (κ2) is 8.24. The molecule has 0 aliphatic rings. The van der Waals surface area contributed by atoms with Crippen LogP contribution in [0.5, 0.6) is 0 Å². The van der Waals surface area contributed by atoms with Crippen molar-refractivity contribution < 1.29 is 13.7 Å². The Morgan fingerprint density at radius 2 is 1.79 bits per heavy atom. The van der Waals surface area contributed by atoms with Crippen molar-refractivity contribution in [2.45, 2.75) is 11.8 Å². The van der Waals surface area contributed by atoms with Crippen LogP contribution in [0, 0.1) is 6.57 Å². The Labute approximate surface area is 166 Å². The van der Waals surface area contributed by atoms with E-state index in [9.17, 15) is 9.00 Å². The molecular formula is C22H20N2O3S. The van der Waals surface area contributed by atoms with Gasteiger partial charge in [-0.1, -0.05) is 42.5 Å². The first-order chi connectivity index (χ1) is 13.5. The monoisotopic (exact) mass is 392 g/mol. The maximum Gasteiger partial charge on any atom is 0.354 e. The lowest BCUT2D eigenvalue weighted by molar-refractivity contribution is 0.0516. The highest BCUT2D eigenvalue weighted by molar-refractivity contribution is 7.84. The molecule has 2 aromatic carbocycles. The van der Waals surface area contributed by atoms with Gasteiger partial charge in [-0.3, -0.25) is 4.21 Å². The van der Waals surface area contributed by atoms with Crippen LogP contribution in [0.15, 0.2) is 59.6 Å². The lowest BCUT2D eigenvalue weighted by Gasteiger charge is -2.10. The predicted molar refractivity (Wildman–Crippen MR) is 111 cm³/mol. The van der Waals surface area contributed by atoms with Gasteiger partial charge < -0.3 is 9.30 Å². The van der Waals surface area contributed by atoms with Gasteiger partial charge in [-0.25, -0.2) is 9.64 Å². The van der Waals surface area contributed by atoms with Crippen LogP contribution in [0.3, 0.4) is 0 Å². The van der Waals surface area contributed by atoms with Crippen LogP contribution in [0.4, 0.5) is 5.69 Å². The van der Waals surface area contributed by atoms with Gasteiger partial charge in [-0.05, 0) is 29.7 Å². The molecule has 3 rings (SSSR count). The van der Waals surface area contributed by atoms with E-state index in [1.165, 1.54) is 0 Å². The van der Waals surface area contributed by atoms with E-state index in [4.69, 9.17) is 11.3 Å². The Balaban J connectivity index is 2.10. The number of aryl methyl sites for hydroxylation is 1. The average Bonchev–Trinajstić information content (AvgIpc) is 3.04. The molecule has 0 aliphatic carbocycles. The molecule has 0 saturated carbocycles. The fraction of sp³-hybridized carbons (Fsp3) is 0.182. The number of carbonyl (C=O) groups excluding carboxylic acids is 1. The molecule has 0 amide bonds. The molecule has 0 saturated heterocycles. The van der Waals surface area contributed by atoms with Crippen molar-refractivity contribution in [2.24, 2.45) is 7.05 Å². The summed E-state index contributed by atoms with van der Waals surface area (Å²) in [5.41, 5.74) is 3.90. The predicted octanol–water partition coefficient (Wildman–Crippen LogP) is 4.82. The van der Waals surface area contributed by atoms with Crippen LogP contribution in [-0.2, 0) is 22.6 Å². The smallest absolute Gasteiger partial charge is 0.354 e. The lowest BCUT2D eigenvalue weighted by atomic mass is 9.99. The number of carbonyl (C=O) groups is 1. The summed E-state index contributed by atoms with van der Waals surface area (Å²) in [6.07, 6.45) is 3.29. The topological polar surface area (TPSA) is 52.7 Å². The van der Waals surface area contributed by atoms with Gasteiger partial charge in [0.2, 0.25) is 5.69 Å². The Hall–Kier alpha value is -3.17. The van der Waals surface area contributed by atoms with Crippen LogP contribution >= 0.6 is 0 Å². The summed E-state index contributed by atoms with van der Waals surface area (Å²) in [6, 6.07) is 15.1. The minimum atomic E-state index is -1.10. The molecule has 28 heavy (non-hydrogen) atoms. The summed E-state index contributed by atoms with van der Waals surface area (Å²) in [7, 11) is 0.627. The molecular weight excluding hydrogens is 372 g/mol. The van der Waals surface area contributed by atoms with E-state index in [0.29, 0.717) is 16.9 Å². The zero-order valence-electron chi connectivity index (χ0n) is 15.9. The van der Waals surface area contributed by atoms with E-state index in [1.54, 1.807) is 31.0 Å². The van der Waals surface area contributed by atoms with Gasteiger partial charge in [0.1, 0.15) is 5.69 Å². The second-order valence-electron chi connectivity index (χ2n) is 6.21. The summed E-state index contributed by atoms with van der Waals surface area (Å²) < 4.78 is 18.8. The second-order valence-corrected chi connectivity index (χ2v) is 7.56. The first-order valence-electron chi connectivity index (χ1n) is 8.75. The standard InChI is InChI=1S/C22H20N2O3S/c1-5-27-22(25)21-20(18(23-2)14-24(21)3)16-12-10-15(11-13-16)17-8-6-7-9-19(17)28(4)26/h6-14H,5H2,1,3-4H3. The number of esters is 1. The van der Waals surface area contributed by atoms with Crippen molar-refractivity contribution in [1.29, 1.82) is 0 Å². The summed E-state index contributed by atoms with van der Waals surface area (Å²) in [5.74, 6) is -0.453. The molecule has 0 aliphatic heterocycles. The average molecular weight is 392 g/mol. The van der Waals surface area contributed by atoms with E-state index in [2.05, 4.69) is 4.85 Å². The molecule has 6 heteroatoms. The molecule has 142 valence electrons. The molecule has 1 unspecified atom stereocenters. The number of rotatable bonds is 5. The van der Waals surface area contributed by atoms with Crippen molar-refractivity contribution in [1.82, 2.24) is 4.57 Å². The minimum Gasteiger partial charge on any atom is -0.461 e. The van der Waals surface area contributed by atoms with Crippen molar-refractivity contribution >= 4 is 22.5 Å². The highest BCUT2D eigenvalue weighted by Crippen LogP contribution is 2.37. The normalized spacial score (nSPS) is 11.6. The molecule has 1 atom stereocenters. The number of hydrogen-bond acceptors (Lipinski definition) is 3. The molecule has 0 radical (unpaired) electrons. The van der Waals surface area contributed by atoms with Gasteiger partial charge in [0.15, 0.2) is 0 Å². The van der Waals surface area contributed by atoms with Crippen molar-refractivity contribution in [2.75, 3.05) is 12.9 Å². The van der Waals surface area contributed by atoms with Gasteiger partial charge in [-0.15, -0.1) is 0 Å². The van der Waals surface area contributed by atoms with Crippen LogP contribution in [-0.4, -0.2) is 27.6 Å². The first-order valence-corrected chi connectivity index (χ1v) is 10.3. The maximum absolute atomic E-state index is 12.4. The molecule has 0 spiro atoms. The van der Waals surface area contributed by atoms with Crippen LogP contribution in [0.2, 0.25) is 0 Å². The Bertz CT molecular complexity index is 1090. The fourth-order valence-electron chi connectivity index (χ4n) is 3.20. The SMILES string of the molecule is [C-]#[N+]c1cn(C)c(C(=O)OCC)c1-c1ccc(-c2ccccc2S(C)=O)cc1. The molecule has 0 N–H and O–H groups in total. The summed E-state index contributed by atoms with van der Waals surface area (Å²) in [5, 5.41) is 0. The van der Waals surface area contributed by atoms with E-state index in [0.717, 1.165) is 21.6 Å². The van der Waals surface area contributed by atoms with Crippen LogP contribution in [0.25, 0.3) is 27.1 Å². The number of nitrogens with zero attached hydrogens (tertiary/aromatic N) is 2. The van der Waals surface area contributed by atoms with Crippen molar-refractivity contribution in [3.8, 4) is 22.3 Å². The minimum absolute atomic E-state index is 0.265. The van der Waals surface area contributed by atoms with Gasteiger partial charge in [0.25, 0.3) is 0 Å². The van der Waals surface area contributed by atoms with E-state index in [1.807, 2.05) is 48.5 Å². The number of ether oxygens (including phenoxy) is 1. The highest BCUT2D eigenvalue weighted by atomic mass is 32.2. The van der Waals surface area contributed by atoms with Gasteiger partial charge in [0, 0.05) is 30.0 Å². The summed E-state index contributed by atoms with van der Waals surface area (Å²) in [6.45, 7) is 9.48. The van der Waals surface area contributed by atoms with E-state index < -0.39 is 16.8 Å². The fourth-order valence-corrected chi connectivity index (χ4v) is 3.96. The zero-order valence-corrected chi connectivity index (χ0v) is 16.7. The third-order valence-corrected chi connectivity index (χ3v) is 5.41. The number of hydrogen-bond donors (Lipinski definition) is 0. The molecule has 0 fully saturated rings. The van der Waals surface area contributed by atoms with Crippen molar-refractivity contribution in [3.63, 3.8) is 0 Å². The van der Waals surface area contributed by atoms with E-state index >= 15 is 0 Å². The highest BCUT2D eigenvalue weighted by Gasteiger charge is 2.22. The van der Waals surface area contributed by atoms with Gasteiger partial charge >= 0.3 is 5.97 Å². The van der Waals surface area contributed by atoms with Gasteiger partial charge in [0.05, 0.1) is 24.0 Å². The van der Waals surface area contributed by atoms with Crippen LogP contribution in [0.1, 0.15) is 17.4 Å². The molecule has 5 nitrogen and oxygen atoms in total. The molecule has 1 aromatic heterocycles. The van der Waals surface area contributed by atoms with Crippen molar-refractivity contribution in [3.05, 3.63) is 71.8 Å². The number of benzene rings is 2. The molecule has 1 heterocycles. The lowest BCUT2D eigenvalue weighted by Crippen LogP contribution is -2.10. The van der Waals surface area contributed by atoms with E-state index in [-0.39, 0.29) is 6.61 Å². The third kappa shape index (κ3) is 3.62. The summed E-state index contributed by atoms with van der Waals surface area (Å²) in [4.78, 5) is 16.8. The molecule has 0 bridgehead atoms. The van der Waals surface area contributed by atoms with Crippen LogP contribution < -0.4 is 0 Å². The Kier molecular flexibility index (Phi) is 5.76. The Morgan fingerprint density at radius 1 is 1.14 bits per heavy atom. The number of aromatic nitrogens is 1. The Morgan fingerprint density at radius 3 is 2.39 bits per heavy atom. The molecule has 3 aromatic rings. The van der Waals surface area contributed by atoms with Gasteiger partial charge in [-0.2, -0.15) is 0 Å². The summed E-state index contributed by atoms with van der Waals surface area (Å²) >= 11 is 0. The quantitative estimate of drug-likeness (QED) is 0.462. The largest absolute Gasteiger partial charge is 0.461 e. The maximum atomic E-state index is 12.4.